The molecule has 0 unspecified atom stereocenters. The van der Waals surface area contributed by atoms with Gasteiger partial charge in [0.05, 0.1) is 11.1 Å². The number of nitrogens with one attached hydrogen (secondary N) is 1. The molecule has 2 heterocycles. The summed E-state index contributed by atoms with van der Waals surface area (Å²) >= 11 is 0. The van der Waals surface area contributed by atoms with E-state index < -0.39 is 17.2 Å². The summed E-state index contributed by atoms with van der Waals surface area (Å²) in [6.07, 6.45) is 7.58. The van der Waals surface area contributed by atoms with Gasteiger partial charge in [-0.25, -0.2) is 4.79 Å². The van der Waals surface area contributed by atoms with Crippen LogP contribution in [0.1, 0.15) is 54.4 Å². The molecule has 4 rings (SSSR count). The average molecular weight is 432 g/mol. The monoisotopic (exact) mass is 432 g/mol. The first-order chi connectivity index (χ1) is 15.5. The largest absolute Gasteiger partial charge is 0.419 e. The molecule has 3 N–H and O–H groups in total. The van der Waals surface area contributed by atoms with E-state index in [0.29, 0.717) is 16.7 Å². The van der Waals surface area contributed by atoms with E-state index in [9.17, 15) is 14.4 Å². The molecule has 0 bridgehead atoms. The molecule has 32 heavy (non-hydrogen) atoms. The van der Waals surface area contributed by atoms with Gasteiger partial charge in [0.25, 0.3) is 0 Å². The Morgan fingerprint density at radius 3 is 2.75 bits per heavy atom. The highest BCUT2D eigenvalue weighted by molar-refractivity contribution is 5.92. The van der Waals surface area contributed by atoms with E-state index in [4.69, 9.17) is 10.2 Å². The Labute approximate surface area is 184 Å². The number of benzene rings is 1. The highest BCUT2D eigenvalue weighted by atomic mass is 16.4. The highest BCUT2D eigenvalue weighted by Gasteiger charge is 2.31. The quantitative estimate of drug-likeness (QED) is 0.600. The maximum Gasteiger partial charge on any atom is 0.419 e. The van der Waals surface area contributed by atoms with Crippen molar-refractivity contribution in [2.24, 2.45) is 5.73 Å². The maximum absolute atomic E-state index is 12.8. The minimum Gasteiger partial charge on any atom is -0.408 e. The van der Waals surface area contributed by atoms with Crippen molar-refractivity contribution in [3.05, 3.63) is 64.4 Å². The van der Waals surface area contributed by atoms with Crippen LogP contribution in [0.3, 0.4) is 0 Å². The summed E-state index contributed by atoms with van der Waals surface area (Å²) in [4.78, 5) is 40.4. The molecule has 8 nitrogen and oxygen atoms in total. The third kappa shape index (κ3) is 4.72. The molecule has 0 aliphatic heterocycles. The van der Waals surface area contributed by atoms with Gasteiger partial charge in [0.15, 0.2) is 5.58 Å². The van der Waals surface area contributed by atoms with Gasteiger partial charge in [-0.1, -0.05) is 43.2 Å². The van der Waals surface area contributed by atoms with E-state index in [-0.39, 0.29) is 24.4 Å². The molecule has 0 atom stereocenters. The van der Waals surface area contributed by atoms with Crippen LogP contribution in [-0.2, 0) is 11.3 Å². The Morgan fingerprint density at radius 1 is 1.19 bits per heavy atom. The first-order valence-corrected chi connectivity index (χ1v) is 10.6. The molecule has 2 amide bonds. The minimum absolute atomic E-state index is 0.131. The molecule has 8 heteroatoms. The van der Waals surface area contributed by atoms with Gasteiger partial charge in [0.1, 0.15) is 5.54 Å². The SMILES string of the molecule is NC(=O)c1cncc(C#CC2(NC(=O)CCn3c(=O)oc4ccccc43)CCCCC2)c1. The number of rotatable bonds is 5. The predicted octanol–water partition coefficient (Wildman–Crippen LogP) is 2.35. The number of fused-ring (bicyclic) bond motifs is 1. The van der Waals surface area contributed by atoms with Gasteiger partial charge in [0, 0.05) is 30.9 Å². The van der Waals surface area contributed by atoms with Crippen LogP contribution < -0.4 is 16.8 Å². The van der Waals surface area contributed by atoms with Gasteiger partial charge in [-0.15, -0.1) is 0 Å². The van der Waals surface area contributed by atoms with Gasteiger partial charge in [-0.3, -0.25) is 19.1 Å². The second kappa shape index (κ2) is 9.10. The lowest BCUT2D eigenvalue weighted by molar-refractivity contribution is -0.122. The number of amides is 2. The molecular weight excluding hydrogens is 408 g/mol. The molecule has 0 saturated heterocycles. The van der Waals surface area contributed by atoms with E-state index in [1.165, 1.54) is 10.8 Å². The number of hydrogen-bond donors (Lipinski definition) is 2. The summed E-state index contributed by atoms with van der Waals surface area (Å²) in [7, 11) is 0. The zero-order valence-corrected chi connectivity index (χ0v) is 17.6. The molecule has 0 spiro atoms. The lowest BCUT2D eigenvalue weighted by Gasteiger charge is -2.33. The van der Waals surface area contributed by atoms with Crippen LogP contribution in [-0.4, -0.2) is 26.9 Å². The number of aromatic nitrogens is 2. The number of carbonyl (C=O) groups excluding carboxylic acids is 2. The minimum atomic E-state index is -0.651. The van der Waals surface area contributed by atoms with E-state index in [1.807, 2.05) is 6.07 Å². The number of nitrogens with zero attached hydrogens (tertiary/aromatic N) is 2. The fraction of sp³-hybridized carbons (Fsp3) is 0.333. The number of oxazole rings is 1. The molecule has 1 fully saturated rings. The molecular formula is C24H24N4O4. The Balaban J connectivity index is 1.50. The lowest BCUT2D eigenvalue weighted by atomic mass is 9.82. The molecule has 1 aliphatic carbocycles. The summed E-state index contributed by atoms with van der Waals surface area (Å²) in [5.74, 6) is 5.05. The number of carbonyl (C=O) groups is 2. The fourth-order valence-electron chi connectivity index (χ4n) is 4.04. The number of aryl methyl sites for hydroxylation is 1. The molecule has 2 aromatic heterocycles. The second-order valence-electron chi connectivity index (χ2n) is 8.00. The standard InChI is InChI=1S/C24H24N4O4/c25-22(30)18-14-17(15-26-16-18)8-12-24(10-4-1-5-11-24)27-21(29)9-13-28-19-6-2-3-7-20(19)32-23(28)31/h2-3,6-7,14-16H,1,4-5,9-11,13H2,(H2,25,30)(H,27,29). The van der Waals surface area contributed by atoms with Crippen molar-refractivity contribution in [2.45, 2.75) is 50.6 Å². The molecule has 3 aromatic rings. The van der Waals surface area contributed by atoms with Gasteiger partial charge in [-0.05, 0) is 31.0 Å². The van der Waals surface area contributed by atoms with Gasteiger partial charge in [0.2, 0.25) is 11.8 Å². The van der Waals surface area contributed by atoms with E-state index in [0.717, 1.165) is 32.1 Å². The van der Waals surface area contributed by atoms with Crippen molar-refractivity contribution in [1.29, 1.82) is 0 Å². The number of primary amides is 1. The van der Waals surface area contributed by atoms with Gasteiger partial charge in [-0.2, -0.15) is 0 Å². The summed E-state index contributed by atoms with van der Waals surface area (Å²) in [6, 6.07) is 8.73. The lowest BCUT2D eigenvalue weighted by Crippen LogP contribution is -2.49. The maximum atomic E-state index is 12.8. The molecule has 0 radical (unpaired) electrons. The van der Waals surface area contributed by atoms with Crippen molar-refractivity contribution in [3.8, 4) is 11.8 Å². The van der Waals surface area contributed by atoms with Crippen molar-refractivity contribution in [3.63, 3.8) is 0 Å². The van der Waals surface area contributed by atoms with Crippen LogP contribution in [0.5, 0.6) is 0 Å². The highest BCUT2D eigenvalue weighted by Crippen LogP contribution is 2.28. The first-order valence-electron chi connectivity index (χ1n) is 10.6. The normalized spacial score (nSPS) is 15.0. The van der Waals surface area contributed by atoms with Gasteiger partial charge >= 0.3 is 5.76 Å². The fourth-order valence-corrected chi connectivity index (χ4v) is 4.04. The molecule has 1 aromatic carbocycles. The first kappa shape index (κ1) is 21.4. The zero-order chi connectivity index (χ0) is 22.6. The van der Waals surface area contributed by atoms with Crippen LogP contribution in [0.4, 0.5) is 0 Å². The Hall–Kier alpha value is -3.86. The number of para-hydroxylation sites is 2. The van der Waals surface area contributed by atoms with Crippen molar-refractivity contribution < 1.29 is 14.0 Å². The van der Waals surface area contributed by atoms with E-state index in [1.54, 1.807) is 30.5 Å². The van der Waals surface area contributed by atoms with Crippen molar-refractivity contribution >= 4 is 22.9 Å². The topological polar surface area (TPSA) is 120 Å². The molecule has 1 aliphatic rings. The van der Waals surface area contributed by atoms with Crippen LogP contribution in [0.15, 0.2) is 51.9 Å². The van der Waals surface area contributed by atoms with Crippen molar-refractivity contribution in [1.82, 2.24) is 14.9 Å². The summed E-state index contributed by atoms with van der Waals surface area (Å²) in [5, 5.41) is 3.10. The van der Waals surface area contributed by atoms with E-state index >= 15 is 0 Å². The van der Waals surface area contributed by atoms with E-state index in [2.05, 4.69) is 22.1 Å². The zero-order valence-electron chi connectivity index (χ0n) is 17.6. The summed E-state index contributed by atoms with van der Waals surface area (Å²) in [5.41, 5.74) is 6.69. The second-order valence-corrected chi connectivity index (χ2v) is 8.00. The van der Waals surface area contributed by atoms with Crippen LogP contribution >= 0.6 is 0 Å². The third-order valence-electron chi connectivity index (χ3n) is 5.69. The Morgan fingerprint density at radius 2 is 1.97 bits per heavy atom. The summed E-state index contributed by atoms with van der Waals surface area (Å²) < 4.78 is 6.70. The Bertz CT molecular complexity index is 1270. The number of pyridine rings is 1. The Kier molecular flexibility index (Phi) is 6.08. The van der Waals surface area contributed by atoms with Gasteiger partial charge < -0.3 is 15.5 Å². The van der Waals surface area contributed by atoms with Crippen LogP contribution in [0.2, 0.25) is 0 Å². The summed E-state index contributed by atoms with van der Waals surface area (Å²) in [6.45, 7) is 0.218. The number of hydrogen-bond acceptors (Lipinski definition) is 5. The van der Waals surface area contributed by atoms with Crippen LogP contribution in [0, 0.1) is 11.8 Å². The predicted molar refractivity (Wildman–Crippen MR) is 119 cm³/mol. The third-order valence-corrected chi connectivity index (χ3v) is 5.69. The number of nitrogens with two attached hydrogens (primary N) is 1. The smallest absolute Gasteiger partial charge is 0.408 e. The van der Waals surface area contributed by atoms with Crippen LogP contribution in [0.25, 0.3) is 11.1 Å². The average Bonchev–Trinajstić information content (AvgIpc) is 3.12. The molecule has 164 valence electrons. The molecule has 1 saturated carbocycles. The van der Waals surface area contributed by atoms with Crippen molar-refractivity contribution in [2.75, 3.05) is 0 Å².